The Morgan fingerprint density at radius 2 is 1.22 bits per heavy atom. The molecule has 25 atom stereocenters. The zero-order chi connectivity index (χ0) is 59.3. The third-order valence-electron chi connectivity index (χ3n) is 16.0. The van der Waals surface area contributed by atoms with E-state index in [2.05, 4.69) is 0 Å². The maximum Gasteiger partial charge on any atom is 0.303 e. The van der Waals surface area contributed by atoms with Crippen LogP contribution in [0.4, 0.5) is 0 Å². The minimum Gasteiger partial charge on any atom is -0.507 e. The van der Waals surface area contributed by atoms with Crippen molar-refractivity contribution >= 4 is 34.3 Å². The molecule has 5 heterocycles. The Bertz CT molecular complexity index is 2550. The van der Waals surface area contributed by atoms with E-state index in [4.69, 9.17) is 61.6 Å². The highest BCUT2D eigenvalue weighted by Crippen LogP contribution is 2.46. The van der Waals surface area contributed by atoms with Gasteiger partial charge in [-0.3, -0.25) is 19.2 Å². The summed E-state index contributed by atoms with van der Waals surface area (Å²) in [6, 6.07) is 4.14. The number of carbonyl (C=O) groups is 4. The molecule has 26 nitrogen and oxygen atoms in total. The first-order chi connectivity index (χ1) is 38.0. The summed E-state index contributed by atoms with van der Waals surface area (Å²) in [5.41, 5.74) is -1.67. The summed E-state index contributed by atoms with van der Waals surface area (Å²) in [7, 11) is 1.17. The third-order valence-corrected chi connectivity index (χ3v) is 16.0. The molecular formula is C55H78O26. The van der Waals surface area contributed by atoms with E-state index in [-0.39, 0.29) is 66.2 Å². The van der Waals surface area contributed by atoms with Gasteiger partial charge in [0.1, 0.15) is 71.7 Å². The minimum absolute atomic E-state index is 0.0246. The lowest BCUT2D eigenvalue weighted by Crippen LogP contribution is -2.59. The van der Waals surface area contributed by atoms with Gasteiger partial charge in [0.2, 0.25) is 6.29 Å². The fourth-order valence-corrected chi connectivity index (χ4v) is 11.9. The van der Waals surface area contributed by atoms with Crippen LogP contribution in [0.15, 0.2) is 18.2 Å². The number of ether oxygens (including phenoxy) is 13. The Kier molecular flexibility index (Phi) is 19.8. The van der Waals surface area contributed by atoms with E-state index in [0.29, 0.717) is 0 Å². The molecule has 5 aliphatic heterocycles. The SMILES string of the molecule is COC(C(=O)C(O)C(C)O)C1Cc2cc3cc(OC4CC(OC(C)=O)C(OC5CC(O)C(O)C(C)O5)C(C)O4)cc(O)c3c(O)c2C(=O)C1OC1CC(OC2CC(OC3CC(C)(O)C(OC(C)=O)C(C)O3)C(O)C(C)O2)C(O)C(C)O1. The highest BCUT2D eigenvalue weighted by Gasteiger charge is 2.52. The van der Waals surface area contributed by atoms with Crippen molar-refractivity contribution in [3.05, 3.63) is 29.3 Å². The molecular weight excluding hydrogens is 1080 g/mol. The molecule has 9 N–H and O–H groups in total. The topological polar surface area (TPSA) is 370 Å². The monoisotopic (exact) mass is 1150 g/mol. The predicted molar refractivity (Wildman–Crippen MR) is 273 cm³/mol. The normalized spacial score (nSPS) is 40.4. The molecule has 0 spiro atoms. The van der Waals surface area contributed by atoms with Crippen LogP contribution in [-0.2, 0) is 77.6 Å². The second-order valence-electron chi connectivity index (χ2n) is 22.5. The van der Waals surface area contributed by atoms with Gasteiger partial charge in [0.15, 0.2) is 42.8 Å². The minimum atomic E-state index is -1.96. The molecule has 81 heavy (non-hydrogen) atoms. The summed E-state index contributed by atoms with van der Waals surface area (Å²) in [6.45, 7) is 13.1. The van der Waals surface area contributed by atoms with E-state index in [9.17, 15) is 60.3 Å². The molecule has 26 heteroatoms. The van der Waals surface area contributed by atoms with Crippen LogP contribution in [0.2, 0.25) is 0 Å². The maximum atomic E-state index is 15.0. The fraction of sp³-hybridized carbons (Fsp3) is 0.745. The molecule has 0 saturated carbocycles. The number of ketones is 2. The van der Waals surface area contributed by atoms with Gasteiger partial charge in [-0.2, -0.15) is 0 Å². The van der Waals surface area contributed by atoms with E-state index < -0.39 is 188 Å². The molecule has 1 aliphatic carbocycles. The Morgan fingerprint density at radius 1 is 0.679 bits per heavy atom. The molecule has 25 unspecified atom stereocenters. The molecule has 0 amide bonds. The Hall–Kier alpha value is -4.30. The number of aromatic hydroxyl groups is 2. The van der Waals surface area contributed by atoms with Gasteiger partial charge in [-0.1, -0.05) is 0 Å². The van der Waals surface area contributed by atoms with Crippen LogP contribution in [0, 0.1) is 5.92 Å². The van der Waals surface area contributed by atoms with Crippen molar-refractivity contribution in [1.29, 1.82) is 0 Å². The summed E-state index contributed by atoms with van der Waals surface area (Å²) in [4.78, 5) is 53.0. The zero-order valence-electron chi connectivity index (χ0n) is 46.8. The number of fused-ring (bicyclic) bond motifs is 2. The number of carbonyl (C=O) groups excluding carboxylic acids is 4. The van der Waals surface area contributed by atoms with Crippen molar-refractivity contribution in [2.45, 2.75) is 248 Å². The molecule has 8 rings (SSSR count). The number of methoxy groups -OCH3 is 1. The maximum absolute atomic E-state index is 15.0. The smallest absolute Gasteiger partial charge is 0.303 e. The first kappa shape index (κ1) is 62.7. The van der Waals surface area contributed by atoms with Crippen LogP contribution in [0.5, 0.6) is 17.2 Å². The van der Waals surface area contributed by atoms with Crippen molar-refractivity contribution in [2.75, 3.05) is 7.11 Å². The number of aliphatic hydroxyl groups is 7. The Morgan fingerprint density at radius 3 is 1.79 bits per heavy atom. The second-order valence-corrected chi connectivity index (χ2v) is 22.5. The van der Waals surface area contributed by atoms with Gasteiger partial charge in [-0.05, 0) is 78.0 Å². The third kappa shape index (κ3) is 13.8. The number of hydrogen-bond acceptors (Lipinski definition) is 26. The van der Waals surface area contributed by atoms with Gasteiger partial charge >= 0.3 is 11.9 Å². The summed E-state index contributed by atoms with van der Waals surface area (Å²) in [6.07, 6.45) is -27.2. The highest BCUT2D eigenvalue weighted by atomic mass is 16.7. The Balaban J connectivity index is 1.02. The predicted octanol–water partition coefficient (Wildman–Crippen LogP) is 0.584. The van der Waals surface area contributed by atoms with Crippen molar-refractivity contribution in [3.8, 4) is 17.2 Å². The van der Waals surface area contributed by atoms with E-state index in [0.717, 1.165) is 0 Å². The second kappa shape index (κ2) is 25.5. The number of benzene rings is 2. The zero-order valence-corrected chi connectivity index (χ0v) is 46.8. The summed E-state index contributed by atoms with van der Waals surface area (Å²) in [5.74, 6) is -5.53. The average Bonchev–Trinajstić information content (AvgIpc) is 3.50. The van der Waals surface area contributed by atoms with Crippen LogP contribution < -0.4 is 4.74 Å². The Labute approximate surface area is 467 Å². The van der Waals surface area contributed by atoms with Crippen molar-refractivity contribution in [3.63, 3.8) is 0 Å². The van der Waals surface area contributed by atoms with E-state index in [1.165, 1.54) is 59.9 Å². The molecule has 6 aliphatic rings. The standard InChI is InChI=1S/C55H78O26/c1-20(56)44(61)50(67)52(69-10)31-13-29-11-28-12-30(77-38-18-36(75-26(7)57)51(24(5)73-38)80-37-15-33(60)45(62)21(2)70-37)14-32(59)42(28)48(65)43(29)49(66)53(31)81-40-17-34(46(63)23(4)72-40)78-39-16-35(47(64)22(3)71-39)79-41-19-55(9,68)54(25(6)74-41)76-27(8)58/h11-12,14,20-25,31,33-41,44-47,51-54,56,59-65,68H,13,15-19H2,1-10H3. The lowest BCUT2D eigenvalue weighted by molar-refractivity contribution is -0.334. The molecule has 454 valence electrons. The summed E-state index contributed by atoms with van der Waals surface area (Å²) in [5, 5.41) is 99.1. The van der Waals surface area contributed by atoms with E-state index >= 15 is 4.79 Å². The van der Waals surface area contributed by atoms with E-state index in [1.807, 2.05) is 0 Å². The lowest BCUT2D eigenvalue weighted by Gasteiger charge is -2.46. The summed E-state index contributed by atoms with van der Waals surface area (Å²) >= 11 is 0. The van der Waals surface area contributed by atoms with Gasteiger partial charge < -0.3 is 108 Å². The number of aliphatic hydroxyl groups excluding tert-OH is 6. The molecule has 2 aromatic carbocycles. The first-order valence-electron chi connectivity index (χ1n) is 27.4. The van der Waals surface area contributed by atoms with Crippen molar-refractivity contribution < 1.29 is 127 Å². The average molecular weight is 1160 g/mol. The molecule has 5 fully saturated rings. The number of hydrogen-bond donors (Lipinski definition) is 9. The van der Waals surface area contributed by atoms with Gasteiger partial charge in [-0.25, -0.2) is 0 Å². The quantitative estimate of drug-likeness (QED) is 0.0979. The number of rotatable bonds is 17. The van der Waals surface area contributed by atoms with Crippen molar-refractivity contribution in [1.82, 2.24) is 0 Å². The van der Waals surface area contributed by atoms with Crippen LogP contribution >= 0.6 is 0 Å². The number of Topliss-reactive ketones (excluding diaryl/α,β-unsaturated/α-hetero) is 2. The first-order valence-corrected chi connectivity index (χ1v) is 27.4. The largest absolute Gasteiger partial charge is 0.507 e. The number of esters is 2. The van der Waals surface area contributed by atoms with Crippen LogP contribution in [0.3, 0.4) is 0 Å². The molecule has 0 radical (unpaired) electrons. The molecule has 2 aromatic rings. The molecule has 5 saturated heterocycles. The highest BCUT2D eigenvalue weighted by molar-refractivity contribution is 6.11. The fourth-order valence-electron chi connectivity index (χ4n) is 11.9. The van der Waals surface area contributed by atoms with Gasteiger partial charge in [0, 0.05) is 65.0 Å². The van der Waals surface area contributed by atoms with Gasteiger partial charge in [0.05, 0.1) is 65.9 Å². The number of phenolic OH excluding ortho intramolecular Hbond substituents is 2. The van der Waals surface area contributed by atoms with Crippen LogP contribution in [0.25, 0.3) is 10.8 Å². The van der Waals surface area contributed by atoms with Crippen LogP contribution in [0.1, 0.15) is 110 Å². The summed E-state index contributed by atoms with van der Waals surface area (Å²) < 4.78 is 77.9. The van der Waals surface area contributed by atoms with Crippen LogP contribution in [-0.4, -0.2) is 223 Å². The lowest BCUT2D eigenvalue weighted by atomic mass is 9.75. The molecule has 0 aromatic heterocycles. The van der Waals surface area contributed by atoms with Crippen molar-refractivity contribution in [2.24, 2.45) is 5.92 Å². The van der Waals surface area contributed by atoms with E-state index in [1.54, 1.807) is 27.7 Å². The van der Waals surface area contributed by atoms with Gasteiger partial charge in [0.25, 0.3) is 0 Å². The van der Waals surface area contributed by atoms with Gasteiger partial charge in [-0.15, -0.1) is 0 Å². The number of phenols is 2. The molecule has 0 bridgehead atoms.